The summed E-state index contributed by atoms with van der Waals surface area (Å²) < 4.78 is 23.4. The smallest absolute Gasteiger partial charge is 0.311 e. The predicted molar refractivity (Wildman–Crippen MR) is 94.8 cm³/mol. The lowest BCUT2D eigenvalue weighted by Gasteiger charge is -2.16. The Morgan fingerprint density at radius 3 is 2.70 bits per heavy atom. The van der Waals surface area contributed by atoms with Gasteiger partial charge in [0, 0.05) is 13.1 Å². The standard InChI is InChI=1S/C17H19FN2O6S/c1-10(16(23)19-5-6-20-14(21)9-27-17(20)24)26-15(22)8-11-3-4-13(25-2)12(18)7-11/h3-4,7,10H,5-6,8-9H2,1-2H3,(H,19,23)/t10-/m0/s1. The van der Waals surface area contributed by atoms with Crippen LogP contribution in [-0.2, 0) is 25.5 Å². The van der Waals surface area contributed by atoms with E-state index in [0.717, 1.165) is 22.7 Å². The Kier molecular flexibility index (Phi) is 7.17. The second-order valence-electron chi connectivity index (χ2n) is 5.67. The number of carbonyl (C=O) groups is 4. The van der Waals surface area contributed by atoms with E-state index in [2.05, 4.69) is 5.32 Å². The van der Waals surface area contributed by atoms with E-state index < -0.39 is 23.8 Å². The summed E-state index contributed by atoms with van der Waals surface area (Å²) in [6.45, 7) is 1.51. The fourth-order valence-electron chi connectivity index (χ4n) is 2.31. The first-order valence-corrected chi connectivity index (χ1v) is 9.07. The normalized spacial score (nSPS) is 14.9. The number of rotatable bonds is 8. The van der Waals surface area contributed by atoms with Crippen LogP contribution in [-0.4, -0.2) is 60.0 Å². The molecule has 0 spiro atoms. The molecule has 0 aromatic heterocycles. The van der Waals surface area contributed by atoms with Crippen LogP contribution in [0.25, 0.3) is 0 Å². The van der Waals surface area contributed by atoms with Crippen molar-refractivity contribution in [2.24, 2.45) is 0 Å². The number of nitrogens with one attached hydrogen (secondary N) is 1. The Bertz CT molecular complexity index is 741. The van der Waals surface area contributed by atoms with Crippen molar-refractivity contribution in [3.8, 4) is 5.75 Å². The third-order valence-electron chi connectivity index (χ3n) is 3.72. The summed E-state index contributed by atoms with van der Waals surface area (Å²) in [6.07, 6.45) is -1.27. The highest BCUT2D eigenvalue weighted by Crippen LogP contribution is 2.19. The number of methoxy groups -OCH3 is 1. The summed E-state index contributed by atoms with van der Waals surface area (Å²) >= 11 is 0.912. The van der Waals surface area contributed by atoms with E-state index in [1.165, 1.54) is 26.2 Å². The minimum atomic E-state index is -1.07. The van der Waals surface area contributed by atoms with Crippen molar-refractivity contribution >= 4 is 34.8 Å². The van der Waals surface area contributed by atoms with E-state index in [1.54, 1.807) is 0 Å². The largest absolute Gasteiger partial charge is 0.494 e. The van der Waals surface area contributed by atoms with Crippen LogP contribution in [0.5, 0.6) is 5.75 Å². The quantitative estimate of drug-likeness (QED) is 0.655. The lowest BCUT2D eigenvalue weighted by Crippen LogP contribution is -2.41. The van der Waals surface area contributed by atoms with Crippen LogP contribution in [0.3, 0.4) is 0 Å². The number of ether oxygens (including phenoxy) is 2. The van der Waals surface area contributed by atoms with Gasteiger partial charge in [-0.2, -0.15) is 0 Å². The molecule has 3 amide bonds. The van der Waals surface area contributed by atoms with E-state index in [4.69, 9.17) is 9.47 Å². The average Bonchev–Trinajstić information content (AvgIpc) is 2.93. The van der Waals surface area contributed by atoms with Crippen LogP contribution in [0.1, 0.15) is 12.5 Å². The molecule has 0 saturated carbocycles. The highest BCUT2D eigenvalue weighted by molar-refractivity contribution is 8.14. The number of hydrogen-bond donors (Lipinski definition) is 1. The molecule has 1 heterocycles. The lowest BCUT2D eigenvalue weighted by atomic mass is 10.1. The molecule has 1 aromatic carbocycles. The maximum Gasteiger partial charge on any atom is 0.311 e. The Labute approximate surface area is 159 Å². The Morgan fingerprint density at radius 1 is 1.37 bits per heavy atom. The number of halogens is 1. The molecule has 1 N–H and O–H groups in total. The fourth-order valence-corrected chi connectivity index (χ4v) is 3.06. The van der Waals surface area contributed by atoms with Gasteiger partial charge in [-0.1, -0.05) is 17.8 Å². The zero-order chi connectivity index (χ0) is 20.0. The van der Waals surface area contributed by atoms with Crippen molar-refractivity contribution in [3.05, 3.63) is 29.6 Å². The second kappa shape index (κ2) is 9.36. The van der Waals surface area contributed by atoms with Gasteiger partial charge in [0.1, 0.15) is 0 Å². The Balaban J connectivity index is 1.76. The van der Waals surface area contributed by atoms with E-state index >= 15 is 0 Å². The Morgan fingerprint density at radius 2 is 2.11 bits per heavy atom. The van der Waals surface area contributed by atoms with Gasteiger partial charge in [0.05, 0.1) is 19.3 Å². The molecule has 1 aliphatic rings. The molecule has 27 heavy (non-hydrogen) atoms. The molecule has 10 heteroatoms. The van der Waals surface area contributed by atoms with Gasteiger partial charge in [0.2, 0.25) is 5.91 Å². The first-order valence-electron chi connectivity index (χ1n) is 8.08. The van der Waals surface area contributed by atoms with Crippen LogP contribution in [0.2, 0.25) is 0 Å². The molecule has 1 saturated heterocycles. The number of imide groups is 1. The molecule has 0 unspecified atom stereocenters. The van der Waals surface area contributed by atoms with Gasteiger partial charge in [0.15, 0.2) is 17.7 Å². The van der Waals surface area contributed by atoms with Crippen molar-refractivity contribution in [2.45, 2.75) is 19.4 Å². The van der Waals surface area contributed by atoms with Gasteiger partial charge in [0.25, 0.3) is 11.1 Å². The van der Waals surface area contributed by atoms with Gasteiger partial charge in [-0.3, -0.25) is 24.1 Å². The average molecular weight is 398 g/mol. The van der Waals surface area contributed by atoms with Crippen molar-refractivity contribution in [3.63, 3.8) is 0 Å². The minimum absolute atomic E-state index is 0.0577. The highest BCUT2D eigenvalue weighted by atomic mass is 32.2. The first kappa shape index (κ1) is 20.7. The van der Waals surface area contributed by atoms with Gasteiger partial charge < -0.3 is 14.8 Å². The third-order valence-corrected chi connectivity index (χ3v) is 4.58. The minimum Gasteiger partial charge on any atom is -0.494 e. The first-order chi connectivity index (χ1) is 12.8. The number of thioether (sulfide) groups is 1. The zero-order valence-corrected chi connectivity index (χ0v) is 15.6. The summed E-state index contributed by atoms with van der Waals surface area (Å²) in [4.78, 5) is 47.8. The van der Waals surface area contributed by atoms with Crippen molar-refractivity contribution in [1.29, 1.82) is 0 Å². The lowest BCUT2D eigenvalue weighted by molar-refractivity contribution is -0.154. The van der Waals surface area contributed by atoms with Crippen molar-refractivity contribution < 1.29 is 33.0 Å². The van der Waals surface area contributed by atoms with Crippen LogP contribution in [0.15, 0.2) is 18.2 Å². The number of nitrogens with zero attached hydrogens (tertiary/aromatic N) is 1. The molecule has 1 aliphatic heterocycles. The van der Waals surface area contributed by atoms with Crippen LogP contribution in [0, 0.1) is 5.82 Å². The summed E-state index contributed by atoms with van der Waals surface area (Å²) in [5.41, 5.74) is 0.384. The monoisotopic (exact) mass is 398 g/mol. The molecule has 0 radical (unpaired) electrons. The Hall–Kier alpha value is -2.62. The predicted octanol–water partition coefficient (Wildman–Crippen LogP) is 1.12. The van der Waals surface area contributed by atoms with Gasteiger partial charge in [-0.25, -0.2) is 4.39 Å². The zero-order valence-electron chi connectivity index (χ0n) is 14.8. The summed E-state index contributed by atoms with van der Waals surface area (Å²) in [7, 11) is 1.33. The maximum absolute atomic E-state index is 13.6. The van der Waals surface area contributed by atoms with E-state index in [9.17, 15) is 23.6 Å². The van der Waals surface area contributed by atoms with E-state index in [1.807, 2.05) is 0 Å². The third kappa shape index (κ3) is 5.68. The summed E-state index contributed by atoms with van der Waals surface area (Å²) in [5.74, 6) is -1.98. The number of benzene rings is 1. The topological polar surface area (TPSA) is 102 Å². The molecular formula is C17H19FN2O6S. The molecule has 1 fully saturated rings. The fraction of sp³-hybridized carbons (Fsp3) is 0.412. The van der Waals surface area contributed by atoms with Crippen LogP contribution < -0.4 is 10.1 Å². The molecule has 146 valence electrons. The van der Waals surface area contributed by atoms with Gasteiger partial charge >= 0.3 is 5.97 Å². The second-order valence-corrected chi connectivity index (χ2v) is 6.60. The molecule has 1 aromatic rings. The number of carbonyl (C=O) groups excluding carboxylic acids is 4. The van der Waals surface area contributed by atoms with Crippen molar-refractivity contribution in [2.75, 3.05) is 26.0 Å². The van der Waals surface area contributed by atoms with Gasteiger partial charge in [-0.05, 0) is 24.6 Å². The molecule has 1 atom stereocenters. The van der Waals surface area contributed by atoms with Crippen LogP contribution >= 0.6 is 11.8 Å². The van der Waals surface area contributed by atoms with Crippen molar-refractivity contribution in [1.82, 2.24) is 10.2 Å². The highest BCUT2D eigenvalue weighted by Gasteiger charge is 2.29. The van der Waals surface area contributed by atoms with Crippen LogP contribution in [0.4, 0.5) is 9.18 Å². The summed E-state index contributed by atoms with van der Waals surface area (Å²) in [6, 6.07) is 4.08. The molecular weight excluding hydrogens is 379 g/mol. The number of amides is 3. The van der Waals surface area contributed by atoms with E-state index in [0.29, 0.717) is 5.56 Å². The number of esters is 1. The SMILES string of the molecule is COc1ccc(CC(=O)O[C@@H](C)C(=O)NCCN2C(=O)CSC2=O)cc1F. The van der Waals surface area contributed by atoms with E-state index in [-0.39, 0.29) is 42.2 Å². The summed E-state index contributed by atoms with van der Waals surface area (Å²) in [5, 5.41) is 2.15. The van der Waals surface area contributed by atoms with Gasteiger partial charge in [-0.15, -0.1) is 0 Å². The molecule has 8 nitrogen and oxygen atoms in total. The molecule has 0 aliphatic carbocycles. The maximum atomic E-state index is 13.6. The molecule has 2 rings (SSSR count). The number of hydrogen-bond acceptors (Lipinski definition) is 7. The molecule has 0 bridgehead atoms.